The Morgan fingerprint density at radius 2 is 2.00 bits per heavy atom. The number of piperidine rings is 1. The molecule has 0 saturated carbocycles. The topological polar surface area (TPSA) is 84.4 Å². The van der Waals surface area contributed by atoms with Gasteiger partial charge in [0.1, 0.15) is 17.3 Å². The molecule has 148 valence electrons. The molecular formula is C19H28N4O4. The standard InChI is InChI=1S/C19H28N4O4/c1-3-18-21-17(22-27-18)12-20-19(24)23-10-8-14(9-11-23)13-26-16-6-4-15(25-2)5-7-16/h4-7,14,18H,3,8-13H2,1-2H3,(H,20,24)(H,21,22). The maximum absolute atomic E-state index is 12.3. The van der Waals surface area contributed by atoms with E-state index < -0.39 is 0 Å². The first-order valence-electron chi connectivity index (χ1n) is 9.46. The van der Waals surface area contributed by atoms with E-state index in [4.69, 9.17) is 14.3 Å². The molecule has 1 atom stereocenters. The molecule has 2 aliphatic heterocycles. The number of rotatable bonds is 7. The predicted octanol–water partition coefficient (Wildman–Crippen LogP) is 2.17. The number of ether oxygens (including phenoxy) is 2. The summed E-state index contributed by atoms with van der Waals surface area (Å²) in [5.41, 5.74) is 2.75. The monoisotopic (exact) mass is 376 g/mol. The van der Waals surface area contributed by atoms with Gasteiger partial charge in [0.05, 0.1) is 20.3 Å². The number of hydrogen-bond acceptors (Lipinski definition) is 6. The number of carbonyl (C=O) groups excluding carboxylic acids is 1. The summed E-state index contributed by atoms with van der Waals surface area (Å²) in [6.07, 6.45) is 2.52. The molecule has 1 aromatic carbocycles. The molecule has 2 amide bonds. The third kappa shape index (κ3) is 5.50. The number of carbonyl (C=O) groups is 1. The lowest BCUT2D eigenvalue weighted by atomic mass is 9.98. The van der Waals surface area contributed by atoms with Gasteiger partial charge in [0.25, 0.3) is 0 Å². The Hall–Kier alpha value is -2.48. The van der Waals surface area contributed by atoms with Gasteiger partial charge in [0, 0.05) is 13.1 Å². The molecule has 1 saturated heterocycles. The van der Waals surface area contributed by atoms with E-state index in [0.29, 0.717) is 24.9 Å². The van der Waals surface area contributed by atoms with Gasteiger partial charge in [-0.05, 0) is 49.4 Å². The normalized spacial score (nSPS) is 20.0. The van der Waals surface area contributed by atoms with E-state index in [1.807, 2.05) is 36.1 Å². The molecule has 27 heavy (non-hydrogen) atoms. The fraction of sp³-hybridized carbons (Fsp3) is 0.579. The van der Waals surface area contributed by atoms with E-state index in [1.54, 1.807) is 7.11 Å². The quantitative estimate of drug-likeness (QED) is 0.762. The zero-order valence-electron chi connectivity index (χ0n) is 15.9. The van der Waals surface area contributed by atoms with Crippen LogP contribution < -0.4 is 20.3 Å². The first-order chi connectivity index (χ1) is 13.2. The molecule has 0 radical (unpaired) electrons. The van der Waals surface area contributed by atoms with Crippen molar-refractivity contribution in [2.75, 3.05) is 33.4 Å². The minimum Gasteiger partial charge on any atom is -0.497 e. The predicted molar refractivity (Wildman–Crippen MR) is 102 cm³/mol. The zero-order chi connectivity index (χ0) is 19.1. The lowest BCUT2D eigenvalue weighted by Crippen LogP contribution is -2.47. The largest absolute Gasteiger partial charge is 0.497 e. The van der Waals surface area contributed by atoms with Crippen LogP contribution in [0, 0.1) is 5.92 Å². The molecular weight excluding hydrogens is 348 g/mol. The van der Waals surface area contributed by atoms with E-state index >= 15 is 0 Å². The fourth-order valence-electron chi connectivity index (χ4n) is 3.08. The summed E-state index contributed by atoms with van der Waals surface area (Å²) >= 11 is 0. The first kappa shape index (κ1) is 19.3. The van der Waals surface area contributed by atoms with Crippen LogP contribution in [0.25, 0.3) is 0 Å². The second kappa shape index (κ2) is 9.45. The van der Waals surface area contributed by atoms with E-state index in [0.717, 1.165) is 43.9 Å². The molecule has 8 heteroatoms. The van der Waals surface area contributed by atoms with E-state index in [1.165, 1.54) is 0 Å². The number of methoxy groups -OCH3 is 1. The summed E-state index contributed by atoms with van der Waals surface area (Å²) < 4.78 is 11.0. The number of likely N-dealkylation sites (tertiary alicyclic amines) is 1. The van der Waals surface area contributed by atoms with Crippen LogP contribution in [0.2, 0.25) is 0 Å². The van der Waals surface area contributed by atoms with E-state index in [9.17, 15) is 4.79 Å². The third-order valence-corrected chi connectivity index (χ3v) is 4.82. The lowest BCUT2D eigenvalue weighted by molar-refractivity contribution is 0.0359. The molecule has 2 heterocycles. The van der Waals surface area contributed by atoms with Gasteiger partial charge in [-0.15, -0.1) is 0 Å². The van der Waals surface area contributed by atoms with Gasteiger partial charge in [-0.25, -0.2) is 20.1 Å². The highest BCUT2D eigenvalue weighted by Gasteiger charge is 2.24. The maximum Gasteiger partial charge on any atom is 0.317 e. The number of hydrogen-bond donors (Lipinski definition) is 2. The van der Waals surface area contributed by atoms with Crippen LogP contribution in [-0.4, -0.2) is 56.3 Å². The van der Waals surface area contributed by atoms with Crippen LogP contribution in [0.4, 0.5) is 4.79 Å². The average molecular weight is 376 g/mol. The Kier molecular flexibility index (Phi) is 6.75. The highest BCUT2D eigenvalue weighted by molar-refractivity contribution is 5.88. The fourth-order valence-corrected chi connectivity index (χ4v) is 3.08. The Labute approximate surface area is 159 Å². The Balaban J connectivity index is 1.35. The lowest BCUT2D eigenvalue weighted by Gasteiger charge is -2.31. The molecule has 0 bridgehead atoms. The summed E-state index contributed by atoms with van der Waals surface area (Å²) in [6, 6.07) is 7.54. The summed E-state index contributed by atoms with van der Waals surface area (Å²) in [7, 11) is 1.65. The maximum atomic E-state index is 12.3. The molecule has 1 fully saturated rings. The SMILES string of the molecule is CCC1N=C(CNC(=O)N2CCC(COc3ccc(OC)cc3)CC2)NO1. The van der Waals surface area contributed by atoms with Gasteiger partial charge in [-0.1, -0.05) is 6.92 Å². The second-order valence-corrected chi connectivity index (χ2v) is 6.73. The van der Waals surface area contributed by atoms with Gasteiger partial charge in [0.2, 0.25) is 0 Å². The number of amides is 2. The number of aliphatic imine (C=N–C) groups is 1. The van der Waals surface area contributed by atoms with Crippen LogP contribution in [0.3, 0.4) is 0 Å². The minimum atomic E-state index is -0.154. The number of benzene rings is 1. The van der Waals surface area contributed by atoms with E-state index in [2.05, 4.69) is 15.8 Å². The van der Waals surface area contributed by atoms with Crippen molar-refractivity contribution in [3.8, 4) is 11.5 Å². The summed E-state index contributed by atoms with van der Waals surface area (Å²) in [6.45, 7) is 4.49. The number of nitrogens with one attached hydrogen (secondary N) is 2. The van der Waals surface area contributed by atoms with Crippen LogP contribution in [0.5, 0.6) is 11.5 Å². The van der Waals surface area contributed by atoms with Crippen molar-refractivity contribution >= 4 is 11.9 Å². The van der Waals surface area contributed by atoms with Crippen molar-refractivity contribution in [2.24, 2.45) is 10.9 Å². The summed E-state index contributed by atoms with van der Waals surface area (Å²) in [5.74, 6) is 2.78. The summed E-state index contributed by atoms with van der Waals surface area (Å²) in [5, 5.41) is 2.89. The smallest absolute Gasteiger partial charge is 0.317 e. The Morgan fingerprint density at radius 1 is 1.30 bits per heavy atom. The molecule has 2 N–H and O–H groups in total. The molecule has 0 aliphatic carbocycles. The first-order valence-corrected chi connectivity index (χ1v) is 9.46. The van der Waals surface area contributed by atoms with Crippen LogP contribution in [0.1, 0.15) is 26.2 Å². The highest BCUT2D eigenvalue weighted by atomic mass is 16.7. The zero-order valence-corrected chi connectivity index (χ0v) is 15.9. The van der Waals surface area contributed by atoms with Gasteiger partial charge in [0.15, 0.2) is 6.23 Å². The molecule has 0 spiro atoms. The molecule has 1 unspecified atom stereocenters. The summed E-state index contributed by atoms with van der Waals surface area (Å²) in [4.78, 5) is 23.7. The van der Waals surface area contributed by atoms with E-state index in [-0.39, 0.29) is 12.3 Å². The van der Waals surface area contributed by atoms with Gasteiger partial charge < -0.3 is 19.7 Å². The molecule has 2 aliphatic rings. The number of amidine groups is 1. The minimum absolute atomic E-state index is 0.0611. The van der Waals surface area contributed by atoms with Crippen LogP contribution >= 0.6 is 0 Å². The van der Waals surface area contributed by atoms with Gasteiger partial charge in [-0.3, -0.25) is 0 Å². The Bertz CT molecular complexity index is 642. The third-order valence-electron chi connectivity index (χ3n) is 4.82. The van der Waals surface area contributed by atoms with Crippen molar-refractivity contribution in [1.29, 1.82) is 0 Å². The van der Waals surface area contributed by atoms with Crippen molar-refractivity contribution in [3.05, 3.63) is 24.3 Å². The molecule has 8 nitrogen and oxygen atoms in total. The molecule has 1 aromatic rings. The molecule has 3 rings (SSSR count). The van der Waals surface area contributed by atoms with Crippen molar-refractivity contribution in [2.45, 2.75) is 32.4 Å². The Morgan fingerprint density at radius 3 is 2.63 bits per heavy atom. The van der Waals surface area contributed by atoms with Gasteiger partial charge in [-0.2, -0.15) is 0 Å². The number of hydroxylamine groups is 1. The average Bonchev–Trinajstić information content (AvgIpc) is 3.19. The highest BCUT2D eigenvalue weighted by Crippen LogP contribution is 2.21. The van der Waals surface area contributed by atoms with Gasteiger partial charge >= 0.3 is 6.03 Å². The van der Waals surface area contributed by atoms with Crippen molar-refractivity contribution in [3.63, 3.8) is 0 Å². The number of urea groups is 1. The number of nitrogens with zero attached hydrogens (tertiary/aromatic N) is 2. The second-order valence-electron chi connectivity index (χ2n) is 6.73. The molecule has 0 aromatic heterocycles. The van der Waals surface area contributed by atoms with Crippen molar-refractivity contribution in [1.82, 2.24) is 15.7 Å². The van der Waals surface area contributed by atoms with Crippen molar-refractivity contribution < 1.29 is 19.1 Å². The van der Waals surface area contributed by atoms with Crippen LogP contribution in [-0.2, 0) is 4.84 Å². The van der Waals surface area contributed by atoms with Crippen LogP contribution in [0.15, 0.2) is 29.3 Å².